The molecule has 106 valence electrons. The molecular weight excluding hydrogens is 294 g/mol. The number of ether oxygens (including phenoxy) is 1. The second kappa shape index (κ2) is 6.01. The first-order valence-corrected chi connectivity index (χ1v) is 8.17. The van der Waals surface area contributed by atoms with Crippen LogP contribution in [0.5, 0.6) is 0 Å². The third-order valence-electron chi connectivity index (χ3n) is 3.21. The summed E-state index contributed by atoms with van der Waals surface area (Å²) in [6, 6.07) is 2.04. The molecule has 1 atom stereocenters. The number of hydrogen-bond acceptors (Lipinski definition) is 6. The molecule has 0 radical (unpaired) electrons. The summed E-state index contributed by atoms with van der Waals surface area (Å²) >= 11 is 3.06. The van der Waals surface area contributed by atoms with Crippen LogP contribution in [0, 0.1) is 0 Å². The number of thiazole rings is 1. The van der Waals surface area contributed by atoms with Crippen molar-refractivity contribution in [1.29, 1.82) is 0 Å². The molecule has 2 aromatic rings. The fourth-order valence-corrected chi connectivity index (χ4v) is 3.51. The molecule has 3 heterocycles. The first-order chi connectivity index (χ1) is 9.78. The van der Waals surface area contributed by atoms with Crippen molar-refractivity contribution >= 4 is 28.6 Å². The number of amides is 1. The van der Waals surface area contributed by atoms with Gasteiger partial charge in [-0.25, -0.2) is 4.98 Å². The standard InChI is InChI=1S/C13H15N3O2S2/c14-5-12-15-10(8-20-12)13(17)16-2-3-18-11(6-16)9-1-4-19-7-9/h1,4,7-8,11H,2-3,5-6,14H2. The van der Waals surface area contributed by atoms with E-state index in [1.54, 1.807) is 21.6 Å². The summed E-state index contributed by atoms with van der Waals surface area (Å²) < 4.78 is 5.74. The van der Waals surface area contributed by atoms with Crippen molar-refractivity contribution in [3.63, 3.8) is 0 Å². The largest absolute Gasteiger partial charge is 0.370 e. The van der Waals surface area contributed by atoms with E-state index in [9.17, 15) is 4.79 Å². The van der Waals surface area contributed by atoms with Crippen LogP contribution in [0.25, 0.3) is 0 Å². The molecule has 1 unspecified atom stereocenters. The van der Waals surface area contributed by atoms with Gasteiger partial charge in [0.1, 0.15) is 16.8 Å². The lowest BCUT2D eigenvalue weighted by Crippen LogP contribution is -2.42. The molecule has 1 saturated heterocycles. The van der Waals surface area contributed by atoms with Crippen molar-refractivity contribution in [2.75, 3.05) is 19.7 Å². The maximum atomic E-state index is 12.4. The number of nitrogens with two attached hydrogens (primary N) is 1. The Morgan fingerprint density at radius 3 is 3.15 bits per heavy atom. The van der Waals surface area contributed by atoms with Gasteiger partial charge in [-0.2, -0.15) is 11.3 Å². The van der Waals surface area contributed by atoms with E-state index in [1.165, 1.54) is 11.3 Å². The Kier molecular flexibility index (Phi) is 4.11. The number of morpholine rings is 1. The van der Waals surface area contributed by atoms with Crippen molar-refractivity contribution in [1.82, 2.24) is 9.88 Å². The van der Waals surface area contributed by atoms with Crippen LogP contribution in [-0.4, -0.2) is 35.5 Å². The fraction of sp³-hybridized carbons (Fsp3) is 0.385. The molecule has 5 nitrogen and oxygen atoms in total. The second-order valence-corrected chi connectivity index (χ2v) is 6.22. The van der Waals surface area contributed by atoms with E-state index in [1.807, 2.05) is 11.4 Å². The zero-order chi connectivity index (χ0) is 13.9. The maximum Gasteiger partial charge on any atom is 0.273 e. The van der Waals surface area contributed by atoms with E-state index in [-0.39, 0.29) is 12.0 Å². The minimum absolute atomic E-state index is 0.0356. The van der Waals surface area contributed by atoms with Crippen LogP contribution in [0.4, 0.5) is 0 Å². The third-order valence-corrected chi connectivity index (χ3v) is 4.79. The quantitative estimate of drug-likeness (QED) is 0.940. The van der Waals surface area contributed by atoms with Crippen LogP contribution in [0.2, 0.25) is 0 Å². The van der Waals surface area contributed by atoms with Gasteiger partial charge in [0, 0.05) is 18.5 Å². The Labute approximate surface area is 125 Å². The average Bonchev–Trinajstić information content (AvgIpc) is 3.17. The van der Waals surface area contributed by atoms with Gasteiger partial charge in [-0.15, -0.1) is 11.3 Å². The zero-order valence-corrected chi connectivity index (χ0v) is 12.5. The van der Waals surface area contributed by atoms with Crippen LogP contribution in [0.3, 0.4) is 0 Å². The third kappa shape index (κ3) is 2.76. The lowest BCUT2D eigenvalue weighted by molar-refractivity contribution is -0.0228. The fourth-order valence-electron chi connectivity index (χ4n) is 2.16. The molecule has 2 aromatic heterocycles. The van der Waals surface area contributed by atoms with Crippen molar-refractivity contribution in [2.45, 2.75) is 12.6 Å². The van der Waals surface area contributed by atoms with Crippen LogP contribution >= 0.6 is 22.7 Å². The van der Waals surface area contributed by atoms with Crippen LogP contribution in [0.1, 0.15) is 27.2 Å². The summed E-state index contributed by atoms with van der Waals surface area (Å²) in [7, 11) is 0. The molecule has 3 rings (SSSR count). The van der Waals surface area contributed by atoms with Crippen LogP contribution in [-0.2, 0) is 11.3 Å². The minimum atomic E-state index is -0.0375. The van der Waals surface area contributed by atoms with Gasteiger partial charge in [-0.3, -0.25) is 4.79 Å². The highest BCUT2D eigenvalue weighted by Gasteiger charge is 2.27. The average molecular weight is 309 g/mol. The molecule has 1 fully saturated rings. The Balaban J connectivity index is 1.71. The summed E-state index contributed by atoms with van der Waals surface area (Å²) in [6.07, 6.45) is -0.0356. The smallest absolute Gasteiger partial charge is 0.273 e. The molecule has 0 saturated carbocycles. The summed E-state index contributed by atoms with van der Waals surface area (Å²) in [5.41, 5.74) is 7.15. The Morgan fingerprint density at radius 2 is 2.45 bits per heavy atom. The Morgan fingerprint density at radius 1 is 1.55 bits per heavy atom. The molecular formula is C13H15N3O2S2. The van der Waals surface area contributed by atoms with E-state index in [0.717, 1.165) is 10.6 Å². The lowest BCUT2D eigenvalue weighted by atomic mass is 10.1. The van der Waals surface area contributed by atoms with E-state index in [0.29, 0.717) is 31.9 Å². The van der Waals surface area contributed by atoms with E-state index in [2.05, 4.69) is 10.4 Å². The first kappa shape index (κ1) is 13.7. The minimum Gasteiger partial charge on any atom is -0.370 e. The van der Waals surface area contributed by atoms with E-state index >= 15 is 0 Å². The lowest BCUT2D eigenvalue weighted by Gasteiger charge is -2.32. The summed E-state index contributed by atoms with van der Waals surface area (Å²) in [5.74, 6) is -0.0375. The van der Waals surface area contributed by atoms with Gasteiger partial charge in [-0.05, 0) is 22.4 Å². The molecule has 0 aliphatic carbocycles. The number of carbonyl (C=O) groups excluding carboxylic acids is 1. The molecule has 2 N–H and O–H groups in total. The molecule has 0 spiro atoms. The molecule has 1 amide bonds. The number of carbonyl (C=O) groups is 1. The predicted octanol–water partition coefficient (Wildman–Crippen LogP) is 1.88. The first-order valence-electron chi connectivity index (χ1n) is 6.35. The van der Waals surface area contributed by atoms with Gasteiger partial charge in [0.15, 0.2) is 0 Å². The number of hydrogen-bond donors (Lipinski definition) is 1. The van der Waals surface area contributed by atoms with Gasteiger partial charge >= 0.3 is 0 Å². The molecule has 1 aliphatic rings. The SMILES string of the molecule is NCc1nc(C(=O)N2CCOC(c3ccsc3)C2)cs1. The van der Waals surface area contributed by atoms with Crippen molar-refractivity contribution in [3.8, 4) is 0 Å². The van der Waals surface area contributed by atoms with E-state index < -0.39 is 0 Å². The number of aromatic nitrogens is 1. The van der Waals surface area contributed by atoms with Gasteiger partial charge in [0.05, 0.1) is 13.2 Å². The highest BCUT2D eigenvalue weighted by molar-refractivity contribution is 7.09. The number of nitrogens with zero attached hydrogens (tertiary/aromatic N) is 2. The van der Waals surface area contributed by atoms with Gasteiger partial charge < -0.3 is 15.4 Å². The number of thiophene rings is 1. The monoisotopic (exact) mass is 309 g/mol. The normalized spacial score (nSPS) is 19.2. The number of rotatable bonds is 3. The van der Waals surface area contributed by atoms with E-state index in [4.69, 9.17) is 10.5 Å². The Hall–Kier alpha value is -1.28. The highest BCUT2D eigenvalue weighted by atomic mass is 32.1. The van der Waals surface area contributed by atoms with Crippen molar-refractivity contribution < 1.29 is 9.53 Å². The molecule has 1 aliphatic heterocycles. The molecule has 20 heavy (non-hydrogen) atoms. The molecule has 0 bridgehead atoms. The maximum absolute atomic E-state index is 12.4. The molecule has 7 heteroatoms. The van der Waals surface area contributed by atoms with Crippen molar-refractivity contribution in [3.05, 3.63) is 38.5 Å². The molecule has 0 aromatic carbocycles. The predicted molar refractivity (Wildman–Crippen MR) is 78.9 cm³/mol. The summed E-state index contributed by atoms with van der Waals surface area (Å²) in [4.78, 5) is 18.5. The van der Waals surface area contributed by atoms with Crippen molar-refractivity contribution in [2.24, 2.45) is 5.73 Å². The topological polar surface area (TPSA) is 68.5 Å². The zero-order valence-electron chi connectivity index (χ0n) is 10.8. The van der Waals surface area contributed by atoms with Crippen LogP contribution < -0.4 is 5.73 Å². The van der Waals surface area contributed by atoms with Gasteiger partial charge in [-0.1, -0.05) is 0 Å². The highest BCUT2D eigenvalue weighted by Crippen LogP contribution is 2.25. The Bertz CT molecular complexity index is 582. The van der Waals surface area contributed by atoms with Gasteiger partial charge in [0.25, 0.3) is 5.91 Å². The summed E-state index contributed by atoms with van der Waals surface area (Å²) in [6.45, 7) is 2.11. The second-order valence-electron chi connectivity index (χ2n) is 4.50. The van der Waals surface area contributed by atoms with Crippen LogP contribution in [0.15, 0.2) is 22.2 Å². The van der Waals surface area contributed by atoms with Gasteiger partial charge in [0.2, 0.25) is 0 Å². The summed E-state index contributed by atoms with van der Waals surface area (Å²) in [5, 5.41) is 6.65.